The Balaban J connectivity index is 1.75. The molecule has 3 aromatic carbocycles. The average molecular weight is 296 g/mol. The molecule has 1 saturated carbocycles. The van der Waals surface area contributed by atoms with E-state index in [1.165, 1.54) is 12.0 Å². The molecule has 0 aromatic heterocycles. The third-order valence-electron chi connectivity index (χ3n) is 5.82. The maximum atomic E-state index is 2.38. The maximum Gasteiger partial charge on any atom is 0.0283 e. The summed E-state index contributed by atoms with van der Waals surface area (Å²) in [5.74, 6) is 0.615. The van der Waals surface area contributed by atoms with Gasteiger partial charge >= 0.3 is 0 Å². The molecular formula is C23H20. The molecule has 0 bridgehead atoms. The largest absolute Gasteiger partial charge is 0.0622 e. The minimum atomic E-state index is 0.199. The molecule has 0 saturated heterocycles. The van der Waals surface area contributed by atoms with Crippen LogP contribution in [-0.2, 0) is 18.3 Å². The van der Waals surface area contributed by atoms with Gasteiger partial charge in [0.05, 0.1) is 0 Å². The Hall–Kier alpha value is -2.34. The van der Waals surface area contributed by atoms with E-state index in [9.17, 15) is 0 Å². The van der Waals surface area contributed by atoms with E-state index >= 15 is 0 Å². The van der Waals surface area contributed by atoms with Crippen LogP contribution in [0.25, 0.3) is 0 Å². The highest BCUT2D eigenvalue weighted by Crippen LogP contribution is 2.66. The van der Waals surface area contributed by atoms with Crippen LogP contribution in [0.5, 0.6) is 0 Å². The first-order chi connectivity index (χ1) is 11.4. The predicted octanol–water partition coefficient (Wildman–Crippen LogP) is 5.26. The van der Waals surface area contributed by atoms with Gasteiger partial charge in [-0.3, -0.25) is 0 Å². The van der Waals surface area contributed by atoms with Crippen molar-refractivity contribution < 1.29 is 0 Å². The van der Waals surface area contributed by atoms with Gasteiger partial charge in [0.25, 0.3) is 0 Å². The summed E-state index contributed by atoms with van der Waals surface area (Å²) in [5, 5.41) is 0. The number of hydrogen-bond acceptors (Lipinski definition) is 0. The van der Waals surface area contributed by atoms with E-state index in [0.717, 1.165) is 12.8 Å². The van der Waals surface area contributed by atoms with Crippen molar-refractivity contribution >= 4 is 0 Å². The van der Waals surface area contributed by atoms with Crippen LogP contribution in [0.2, 0.25) is 0 Å². The van der Waals surface area contributed by atoms with Crippen LogP contribution in [0.15, 0.2) is 78.9 Å². The average Bonchev–Trinajstić information content (AvgIpc) is 3.39. The molecule has 1 atom stereocenters. The number of aryl methyl sites for hydroxylation is 2. The minimum Gasteiger partial charge on any atom is -0.0622 e. The van der Waals surface area contributed by atoms with Gasteiger partial charge < -0.3 is 0 Å². The standard InChI is InChI=1S/C23H20/c1-2-8-17(9-3-1)22-16-23(22)20-12-6-4-10-18(20)14-15-19-11-5-7-13-21(19)23/h1-13,22H,14-16H2. The second kappa shape index (κ2) is 4.83. The fourth-order valence-corrected chi connectivity index (χ4v) is 4.71. The Morgan fingerprint density at radius 1 is 0.609 bits per heavy atom. The second-order valence-electron chi connectivity index (χ2n) is 6.95. The molecule has 1 unspecified atom stereocenters. The zero-order valence-electron chi connectivity index (χ0n) is 13.2. The maximum absolute atomic E-state index is 2.38. The van der Waals surface area contributed by atoms with E-state index in [-0.39, 0.29) is 5.41 Å². The lowest BCUT2D eigenvalue weighted by Gasteiger charge is -2.21. The molecule has 112 valence electrons. The van der Waals surface area contributed by atoms with Crippen molar-refractivity contribution in [2.24, 2.45) is 0 Å². The van der Waals surface area contributed by atoms with Crippen LogP contribution < -0.4 is 0 Å². The predicted molar refractivity (Wildman–Crippen MR) is 94.9 cm³/mol. The highest BCUT2D eigenvalue weighted by atomic mass is 14.6. The molecule has 0 N–H and O–H groups in total. The van der Waals surface area contributed by atoms with Gasteiger partial charge in [-0.15, -0.1) is 0 Å². The van der Waals surface area contributed by atoms with Crippen LogP contribution in [0.3, 0.4) is 0 Å². The second-order valence-corrected chi connectivity index (χ2v) is 6.95. The third kappa shape index (κ3) is 1.84. The van der Waals surface area contributed by atoms with Crippen molar-refractivity contribution in [1.29, 1.82) is 0 Å². The van der Waals surface area contributed by atoms with Crippen molar-refractivity contribution in [2.75, 3.05) is 0 Å². The van der Waals surface area contributed by atoms with Crippen molar-refractivity contribution in [3.05, 3.63) is 107 Å². The van der Waals surface area contributed by atoms with E-state index in [0.29, 0.717) is 5.92 Å². The summed E-state index contributed by atoms with van der Waals surface area (Å²) in [7, 11) is 0. The minimum absolute atomic E-state index is 0.199. The van der Waals surface area contributed by atoms with Crippen LogP contribution in [0.1, 0.15) is 40.2 Å². The Labute approximate surface area is 137 Å². The highest BCUT2D eigenvalue weighted by molar-refractivity contribution is 5.59. The number of hydrogen-bond donors (Lipinski definition) is 0. The number of fused-ring (bicyclic) bond motifs is 4. The molecule has 2 aliphatic carbocycles. The topological polar surface area (TPSA) is 0 Å². The molecule has 0 heteroatoms. The summed E-state index contributed by atoms with van der Waals surface area (Å²) in [6, 6.07) is 29.3. The zero-order valence-corrected chi connectivity index (χ0v) is 13.2. The summed E-state index contributed by atoms with van der Waals surface area (Å²) in [4.78, 5) is 0. The fraction of sp³-hybridized carbons (Fsp3) is 0.217. The lowest BCUT2D eigenvalue weighted by atomic mass is 9.81. The monoisotopic (exact) mass is 296 g/mol. The summed E-state index contributed by atoms with van der Waals surface area (Å²) in [6.45, 7) is 0. The molecule has 5 rings (SSSR count). The molecule has 3 aromatic rings. The normalized spacial score (nSPS) is 20.4. The Morgan fingerprint density at radius 2 is 1.13 bits per heavy atom. The SMILES string of the molecule is c1ccc(C2CC23c2ccccc2CCc2ccccc23)cc1. The molecule has 23 heavy (non-hydrogen) atoms. The van der Waals surface area contributed by atoms with Crippen molar-refractivity contribution in [3.8, 4) is 0 Å². The smallest absolute Gasteiger partial charge is 0.0283 e. The van der Waals surface area contributed by atoms with Gasteiger partial charge in [-0.2, -0.15) is 0 Å². The molecule has 2 aliphatic rings. The first kappa shape index (κ1) is 13.1. The summed E-state index contributed by atoms with van der Waals surface area (Å²) in [6.07, 6.45) is 3.57. The zero-order chi connectivity index (χ0) is 15.3. The molecule has 0 amide bonds. The molecule has 1 spiro atoms. The van der Waals surface area contributed by atoms with E-state index in [1.807, 2.05) is 0 Å². The molecule has 0 heterocycles. The van der Waals surface area contributed by atoms with E-state index < -0.39 is 0 Å². The van der Waals surface area contributed by atoms with Crippen LogP contribution in [-0.4, -0.2) is 0 Å². The van der Waals surface area contributed by atoms with Crippen LogP contribution in [0, 0.1) is 0 Å². The molecule has 0 nitrogen and oxygen atoms in total. The van der Waals surface area contributed by atoms with E-state index in [4.69, 9.17) is 0 Å². The summed E-state index contributed by atoms with van der Waals surface area (Å²) >= 11 is 0. The Morgan fingerprint density at radius 3 is 1.74 bits per heavy atom. The molecule has 0 aliphatic heterocycles. The van der Waals surface area contributed by atoms with E-state index in [1.54, 1.807) is 22.3 Å². The Kier molecular flexibility index (Phi) is 2.76. The third-order valence-corrected chi connectivity index (χ3v) is 5.82. The molecular weight excluding hydrogens is 276 g/mol. The van der Waals surface area contributed by atoms with E-state index in [2.05, 4.69) is 78.9 Å². The fourth-order valence-electron chi connectivity index (χ4n) is 4.71. The Bertz CT molecular complexity index is 812. The first-order valence-corrected chi connectivity index (χ1v) is 8.61. The quantitative estimate of drug-likeness (QED) is 0.574. The van der Waals surface area contributed by atoms with Crippen LogP contribution in [0.4, 0.5) is 0 Å². The van der Waals surface area contributed by atoms with Gasteiger partial charge in [0.1, 0.15) is 0 Å². The summed E-state index contributed by atoms with van der Waals surface area (Å²) in [5.41, 5.74) is 7.91. The number of benzene rings is 3. The van der Waals surface area contributed by atoms with Crippen molar-refractivity contribution in [3.63, 3.8) is 0 Å². The lowest BCUT2D eigenvalue weighted by molar-refractivity contribution is 0.796. The highest BCUT2D eigenvalue weighted by Gasteiger charge is 2.58. The molecule has 0 radical (unpaired) electrons. The number of rotatable bonds is 1. The van der Waals surface area contributed by atoms with Gasteiger partial charge in [0.2, 0.25) is 0 Å². The van der Waals surface area contributed by atoms with Gasteiger partial charge in [-0.25, -0.2) is 0 Å². The van der Waals surface area contributed by atoms with Crippen LogP contribution >= 0.6 is 0 Å². The van der Waals surface area contributed by atoms with Gasteiger partial charge in [-0.1, -0.05) is 78.9 Å². The van der Waals surface area contributed by atoms with Crippen molar-refractivity contribution in [1.82, 2.24) is 0 Å². The van der Waals surface area contributed by atoms with Crippen molar-refractivity contribution in [2.45, 2.75) is 30.6 Å². The first-order valence-electron chi connectivity index (χ1n) is 8.61. The lowest BCUT2D eigenvalue weighted by Crippen LogP contribution is -2.14. The van der Waals surface area contributed by atoms with Gasteiger partial charge in [0, 0.05) is 5.41 Å². The molecule has 1 fully saturated rings. The summed E-state index contributed by atoms with van der Waals surface area (Å²) < 4.78 is 0. The van der Waals surface area contributed by atoms with Gasteiger partial charge in [-0.05, 0) is 53.0 Å². The van der Waals surface area contributed by atoms with Gasteiger partial charge in [0.15, 0.2) is 0 Å².